The van der Waals surface area contributed by atoms with E-state index < -0.39 is 5.97 Å². The molecule has 0 unspecified atom stereocenters. The number of fused-ring (bicyclic) bond motifs is 1. The molecule has 0 saturated heterocycles. The van der Waals surface area contributed by atoms with Crippen LogP contribution in [0.25, 0.3) is 10.8 Å². The largest absolute Gasteiger partial charge is 0.493 e. The Bertz CT molecular complexity index is 699. The molecule has 23 heavy (non-hydrogen) atoms. The van der Waals surface area contributed by atoms with E-state index in [0.29, 0.717) is 17.2 Å². The van der Waals surface area contributed by atoms with E-state index in [1.807, 2.05) is 24.3 Å². The normalized spacial score (nSPS) is 10.2. The van der Waals surface area contributed by atoms with Gasteiger partial charge in [0.05, 0.1) is 7.11 Å². The van der Waals surface area contributed by atoms with E-state index in [1.165, 1.54) is 0 Å². The van der Waals surface area contributed by atoms with Crippen LogP contribution in [0.4, 0.5) is 0 Å². The van der Waals surface area contributed by atoms with E-state index in [4.69, 9.17) is 30.5 Å². The highest BCUT2D eigenvalue weighted by Gasteiger charge is 2.15. The molecule has 5 nitrogen and oxygen atoms in total. The highest BCUT2D eigenvalue weighted by atomic mass is 35.5. The molecule has 0 spiro atoms. The number of carbonyl (C=O) groups excluding carboxylic acids is 1. The number of benzene rings is 2. The molecule has 0 bridgehead atoms. The number of alkyl halides is 1. The van der Waals surface area contributed by atoms with Gasteiger partial charge in [0.25, 0.3) is 0 Å². The number of methoxy groups -OCH3 is 1. The molecule has 2 aromatic carbocycles. The van der Waals surface area contributed by atoms with E-state index in [1.54, 1.807) is 13.2 Å². The minimum Gasteiger partial charge on any atom is -0.493 e. The van der Waals surface area contributed by atoms with Crippen LogP contribution < -0.4 is 14.2 Å². The number of carbonyl (C=O) groups is 1. The third kappa shape index (κ3) is 4.07. The van der Waals surface area contributed by atoms with Crippen LogP contribution in [0.1, 0.15) is 0 Å². The Labute approximate surface area is 139 Å². The average Bonchev–Trinajstić information content (AvgIpc) is 2.59. The quantitative estimate of drug-likeness (QED) is 0.319. The monoisotopic (exact) mass is 336 g/mol. The number of rotatable bonds is 8. The minimum atomic E-state index is -0.490. The lowest BCUT2D eigenvalue weighted by Gasteiger charge is -2.16. The fourth-order valence-corrected chi connectivity index (χ4v) is 2.23. The van der Waals surface area contributed by atoms with Crippen LogP contribution >= 0.6 is 11.6 Å². The van der Waals surface area contributed by atoms with Gasteiger partial charge in [-0.1, -0.05) is 42.4 Å². The predicted octanol–water partition coefficient (Wildman–Crippen LogP) is 3.53. The molecular weight excluding hydrogens is 320 g/mol. The number of hydrogen-bond acceptors (Lipinski definition) is 5. The van der Waals surface area contributed by atoms with Crippen LogP contribution in [-0.2, 0) is 9.53 Å². The van der Waals surface area contributed by atoms with Crippen molar-refractivity contribution in [1.82, 2.24) is 0 Å². The first kappa shape index (κ1) is 17.0. The Morgan fingerprint density at radius 2 is 1.91 bits per heavy atom. The molecule has 0 aliphatic rings. The first-order valence-electron chi connectivity index (χ1n) is 6.91. The van der Waals surface area contributed by atoms with Gasteiger partial charge < -0.3 is 18.9 Å². The molecule has 6 heteroatoms. The molecule has 0 radical (unpaired) electrons. The van der Waals surface area contributed by atoms with Gasteiger partial charge in [-0.2, -0.15) is 0 Å². The second-order valence-electron chi connectivity index (χ2n) is 4.43. The van der Waals surface area contributed by atoms with Gasteiger partial charge in [0.2, 0.25) is 0 Å². The molecule has 0 aliphatic heterocycles. The second-order valence-corrected chi connectivity index (χ2v) is 4.64. The van der Waals surface area contributed by atoms with Crippen molar-refractivity contribution >= 4 is 28.3 Å². The molecule has 0 aromatic heterocycles. The Morgan fingerprint density at radius 3 is 2.57 bits per heavy atom. The first-order valence-corrected chi connectivity index (χ1v) is 7.45. The zero-order valence-electron chi connectivity index (χ0n) is 12.7. The maximum Gasteiger partial charge on any atom is 0.330 e. The Balaban J connectivity index is 2.28. The van der Waals surface area contributed by atoms with E-state index in [-0.39, 0.29) is 19.3 Å². The van der Waals surface area contributed by atoms with Crippen molar-refractivity contribution in [3.05, 3.63) is 43.0 Å². The predicted molar refractivity (Wildman–Crippen MR) is 88.5 cm³/mol. The molecule has 122 valence electrons. The topological polar surface area (TPSA) is 54.0 Å². The van der Waals surface area contributed by atoms with Gasteiger partial charge in [-0.15, -0.1) is 0 Å². The standard InChI is InChI=1S/C17H17ClO5/c1-3-16(19)21-8-9-22-17-13-7-5-4-6-12(13)14(23-11-18)10-15(17)20-2/h3-7,10H,1,8-9,11H2,2H3. The molecule has 0 amide bonds. The van der Waals surface area contributed by atoms with Gasteiger partial charge in [-0.05, 0) is 0 Å². The fourth-order valence-electron chi connectivity index (χ4n) is 2.11. The summed E-state index contributed by atoms with van der Waals surface area (Å²) < 4.78 is 21.4. The van der Waals surface area contributed by atoms with E-state index in [2.05, 4.69) is 6.58 Å². The maximum atomic E-state index is 11.0. The van der Waals surface area contributed by atoms with Crippen LogP contribution in [0.15, 0.2) is 43.0 Å². The summed E-state index contributed by atoms with van der Waals surface area (Å²) >= 11 is 5.67. The van der Waals surface area contributed by atoms with Gasteiger partial charge >= 0.3 is 5.97 Å². The Kier molecular flexibility index (Phi) is 6.11. The van der Waals surface area contributed by atoms with Crippen molar-refractivity contribution in [3.8, 4) is 17.2 Å². The summed E-state index contributed by atoms with van der Waals surface area (Å²) in [5, 5.41) is 1.68. The van der Waals surface area contributed by atoms with Gasteiger partial charge in [0.15, 0.2) is 17.6 Å². The molecule has 0 heterocycles. The highest BCUT2D eigenvalue weighted by Crippen LogP contribution is 2.41. The van der Waals surface area contributed by atoms with Crippen LogP contribution in [0.5, 0.6) is 17.2 Å². The van der Waals surface area contributed by atoms with Crippen LogP contribution in [-0.4, -0.2) is 32.4 Å². The zero-order chi connectivity index (χ0) is 16.7. The highest BCUT2D eigenvalue weighted by molar-refractivity contribution is 6.17. The third-order valence-electron chi connectivity index (χ3n) is 3.09. The molecule has 2 rings (SSSR count). The summed E-state index contributed by atoms with van der Waals surface area (Å²) in [6, 6.07) is 9.33. The van der Waals surface area contributed by atoms with Crippen molar-refractivity contribution in [2.75, 3.05) is 26.4 Å². The smallest absolute Gasteiger partial charge is 0.330 e. The minimum absolute atomic E-state index is 0.0326. The number of hydrogen-bond donors (Lipinski definition) is 0. The molecule has 0 aliphatic carbocycles. The van der Waals surface area contributed by atoms with Crippen molar-refractivity contribution in [3.63, 3.8) is 0 Å². The molecular formula is C17H17ClO5. The number of esters is 1. The van der Waals surface area contributed by atoms with Gasteiger partial charge in [-0.25, -0.2) is 4.79 Å². The molecule has 0 atom stereocenters. The Morgan fingerprint density at radius 1 is 1.17 bits per heavy atom. The summed E-state index contributed by atoms with van der Waals surface area (Å²) in [4.78, 5) is 11.0. The summed E-state index contributed by atoms with van der Waals surface area (Å²) in [7, 11) is 1.54. The second kappa shape index (κ2) is 8.29. The first-order chi connectivity index (χ1) is 11.2. The summed E-state index contributed by atoms with van der Waals surface area (Å²) in [6.45, 7) is 3.64. The van der Waals surface area contributed by atoms with Gasteiger partial charge in [0, 0.05) is 22.9 Å². The lowest BCUT2D eigenvalue weighted by Crippen LogP contribution is -2.11. The van der Waals surface area contributed by atoms with Crippen LogP contribution in [0.2, 0.25) is 0 Å². The lowest BCUT2D eigenvalue weighted by atomic mass is 10.1. The van der Waals surface area contributed by atoms with Crippen molar-refractivity contribution in [1.29, 1.82) is 0 Å². The van der Waals surface area contributed by atoms with E-state index in [0.717, 1.165) is 16.8 Å². The number of halogens is 1. The molecule has 0 fully saturated rings. The molecule has 0 saturated carbocycles. The van der Waals surface area contributed by atoms with Crippen LogP contribution in [0.3, 0.4) is 0 Å². The molecule has 0 N–H and O–H groups in total. The average molecular weight is 337 g/mol. The summed E-state index contributed by atoms with van der Waals surface area (Å²) in [6.07, 6.45) is 1.11. The van der Waals surface area contributed by atoms with E-state index >= 15 is 0 Å². The van der Waals surface area contributed by atoms with Crippen LogP contribution in [0, 0.1) is 0 Å². The lowest BCUT2D eigenvalue weighted by molar-refractivity contribution is -0.138. The van der Waals surface area contributed by atoms with Gasteiger partial charge in [0.1, 0.15) is 19.0 Å². The summed E-state index contributed by atoms with van der Waals surface area (Å²) in [5.74, 6) is 1.19. The van der Waals surface area contributed by atoms with Crippen molar-refractivity contribution in [2.24, 2.45) is 0 Å². The molecule has 2 aromatic rings. The van der Waals surface area contributed by atoms with Crippen molar-refractivity contribution < 1.29 is 23.7 Å². The van der Waals surface area contributed by atoms with Crippen molar-refractivity contribution in [2.45, 2.75) is 0 Å². The van der Waals surface area contributed by atoms with E-state index in [9.17, 15) is 4.79 Å². The Hall–Kier alpha value is -2.40. The fraction of sp³-hybridized carbons (Fsp3) is 0.235. The third-order valence-corrected chi connectivity index (χ3v) is 3.20. The maximum absolute atomic E-state index is 11.0. The zero-order valence-corrected chi connectivity index (χ0v) is 13.5. The van der Waals surface area contributed by atoms with Gasteiger partial charge in [-0.3, -0.25) is 0 Å². The summed E-state index contributed by atoms with van der Waals surface area (Å²) in [5.41, 5.74) is 0. The number of ether oxygens (including phenoxy) is 4. The SMILES string of the molecule is C=CC(=O)OCCOc1c(OC)cc(OCCl)c2ccccc12.